The summed E-state index contributed by atoms with van der Waals surface area (Å²) in [4.78, 5) is 32.0. The van der Waals surface area contributed by atoms with Gasteiger partial charge in [0, 0.05) is 14.1 Å². The number of aromatic amines is 1. The van der Waals surface area contributed by atoms with Gasteiger partial charge in [0.2, 0.25) is 11.9 Å². The first kappa shape index (κ1) is 13.1. The number of H-pyrrole nitrogens is 1. The molecule has 0 bridgehead atoms. The highest BCUT2D eigenvalue weighted by Crippen LogP contribution is 2.08. The maximum atomic E-state index is 11.9. The molecule has 2 rings (SSSR count). The van der Waals surface area contributed by atoms with Gasteiger partial charge >= 0.3 is 0 Å². The van der Waals surface area contributed by atoms with Crippen molar-refractivity contribution < 1.29 is 4.79 Å². The van der Waals surface area contributed by atoms with Crippen molar-refractivity contribution in [3.05, 3.63) is 34.6 Å². The Kier molecular flexibility index (Phi) is 3.50. The van der Waals surface area contributed by atoms with Gasteiger partial charge in [-0.3, -0.25) is 14.6 Å². The molecule has 0 radical (unpaired) electrons. The third-order valence-corrected chi connectivity index (χ3v) is 2.78. The first-order chi connectivity index (χ1) is 8.99. The molecule has 0 spiro atoms. The number of para-hydroxylation sites is 1. The van der Waals surface area contributed by atoms with Crippen molar-refractivity contribution in [1.82, 2.24) is 14.9 Å². The summed E-state index contributed by atoms with van der Waals surface area (Å²) in [5.74, 6) is 0.210. The largest absolute Gasteiger partial charge is 0.347 e. The second-order valence-corrected chi connectivity index (χ2v) is 4.53. The lowest BCUT2D eigenvalue weighted by atomic mass is 10.2. The lowest BCUT2D eigenvalue weighted by Crippen LogP contribution is -2.37. The first-order valence-electron chi connectivity index (χ1n) is 5.96. The molecule has 100 valence electrons. The van der Waals surface area contributed by atoms with Crippen molar-refractivity contribution in [2.45, 2.75) is 13.0 Å². The van der Waals surface area contributed by atoms with E-state index < -0.39 is 6.04 Å². The van der Waals surface area contributed by atoms with E-state index in [1.165, 1.54) is 4.90 Å². The minimum absolute atomic E-state index is 0.0872. The fourth-order valence-electron chi connectivity index (χ4n) is 1.81. The van der Waals surface area contributed by atoms with Crippen molar-refractivity contribution in [3.8, 4) is 0 Å². The molecule has 6 nitrogen and oxygen atoms in total. The molecule has 1 amide bonds. The van der Waals surface area contributed by atoms with Gasteiger partial charge in [0.15, 0.2) is 0 Å². The molecule has 6 heteroatoms. The Hall–Kier alpha value is -2.37. The number of anilines is 1. The Morgan fingerprint density at radius 2 is 2.05 bits per heavy atom. The average Bonchev–Trinajstić information content (AvgIpc) is 2.37. The molecule has 1 heterocycles. The molecule has 1 atom stereocenters. The van der Waals surface area contributed by atoms with Crippen molar-refractivity contribution in [2.75, 3.05) is 19.4 Å². The van der Waals surface area contributed by atoms with Gasteiger partial charge in [-0.25, -0.2) is 4.98 Å². The highest BCUT2D eigenvalue weighted by molar-refractivity contribution is 5.84. The van der Waals surface area contributed by atoms with E-state index in [1.54, 1.807) is 39.2 Å². The van der Waals surface area contributed by atoms with Crippen molar-refractivity contribution >= 4 is 22.8 Å². The topological polar surface area (TPSA) is 78.1 Å². The van der Waals surface area contributed by atoms with Gasteiger partial charge in [-0.1, -0.05) is 12.1 Å². The van der Waals surface area contributed by atoms with Gasteiger partial charge in [-0.05, 0) is 19.1 Å². The molecule has 0 aliphatic rings. The van der Waals surface area contributed by atoms with Crippen molar-refractivity contribution in [3.63, 3.8) is 0 Å². The SMILES string of the molecule is C[C@H](Nc1nc2ccccc2c(=O)[nH]1)C(=O)N(C)C. The molecule has 0 unspecified atom stereocenters. The summed E-state index contributed by atoms with van der Waals surface area (Å²) < 4.78 is 0. The molecular formula is C13H16N4O2. The second-order valence-electron chi connectivity index (χ2n) is 4.53. The molecule has 1 aromatic heterocycles. The minimum Gasteiger partial charge on any atom is -0.347 e. The predicted octanol–water partition coefficient (Wildman–Crippen LogP) is 0.812. The molecule has 19 heavy (non-hydrogen) atoms. The lowest BCUT2D eigenvalue weighted by Gasteiger charge is -2.18. The van der Waals surface area contributed by atoms with Crippen LogP contribution in [0.15, 0.2) is 29.1 Å². The van der Waals surface area contributed by atoms with E-state index in [0.29, 0.717) is 16.9 Å². The highest BCUT2D eigenvalue weighted by Gasteiger charge is 2.15. The number of carbonyl (C=O) groups excluding carboxylic acids is 1. The van der Waals surface area contributed by atoms with E-state index in [9.17, 15) is 9.59 Å². The zero-order chi connectivity index (χ0) is 14.0. The molecule has 0 aliphatic heterocycles. The van der Waals surface area contributed by atoms with Gasteiger partial charge in [0.25, 0.3) is 5.56 Å². The third kappa shape index (κ3) is 2.73. The van der Waals surface area contributed by atoms with Crippen LogP contribution in [0.25, 0.3) is 10.9 Å². The Bertz CT molecular complexity index is 663. The van der Waals surface area contributed by atoms with Crippen LogP contribution in [-0.2, 0) is 4.79 Å². The molecule has 0 saturated carbocycles. The number of aromatic nitrogens is 2. The Labute approximate surface area is 110 Å². The van der Waals surface area contributed by atoms with Crippen LogP contribution in [-0.4, -0.2) is 40.9 Å². The second kappa shape index (κ2) is 5.09. The molecule has 0 fully saturated rings. The van der Waals surface area contributed by atoms with Crippen LogP contribution in [0, 0.1) is 0 Å². The van der Waals surface area contributed by atoms with Crippen molar-refractivity contribution in [1.29, 1.82) is 0 Å². The van der Waals surface area contributed by atoms with Crippen LogP contribution < -0.4 is 10.9 Å². The van der Waals surface area contributed by atoms with Crippen LogP contribution in [0.5, 0.6) is 0 Å². The number of benzene rings is 1. The van der Waals surface area contributed by atoms with Crippen LogP contribution in [0.1, 0.15) is 6.92 Å². The Balaban J connectivity index is 2.32. The number of fused-ring (bicyclic) bond motifs is 1. The number of likely N-dealkylation sites (N-methyl/N-ethyl adjacent to an activating group) is 1. The number of hydrogen-bond acceptors (Lipinski definition) is 4. The van der Waals surface area contributed by atoms with Crippen molar-refractivity contribution in [2.24, 2.45) is 0 Å². The molecular weight excluding hydrogens is 244 g/mol. The predicted molar refractivity (Wildman–Crippen MR) is 74.1 cm³/mol. The summed E-state index contributed by atoms with van der Waals surface area (Å²) in [7, 11) is 3.36. The number of nitrogens with one attached hydrogen (secondary N) is 2. The third-order valence-electron chi connectivity index (χ3n) is 2.78. The Morgan fingerprint density at radius 1 is 1.37 bits per heavy atom. The van der Waals surface area contributed by atoms with Crippen LogP contribution in [0.4, 0.5) is 5.95 Å². The molecule has 0 aliphatic carbocycles. The van der Waals surface area contributed by atoms with E-state index in [1.807, 2.05) is 6.07 Å². The van der Waals surface area contributed by atoms with E-state index in [-0.39, 0.29) is 11.5 Å². The molecule has 1 aromatic carbocycles. The summed E-state index contributed by atoms with van der Waals surface area (Å²) >= 11 is 0. The van der Waals surface area contributed by atoms with Gasteiger partial charge in [-0.15, -0.1) is 0 Å². The first-order valence-corrected chi connectivity index (χ1v) is 5.96. The summed E-state index contributed by atoms with van der Waals surface area (Å²) in [5, 5.41) is 3.43. The lowest BCUT2D eigenvalue weighted by molar-refractivity contribution is -0.129. The van der Waals surface area contributed by atoms with E-state index >= 15 is 0 Å². The average molecular weight is 260 g/mol. The number of nitrogens with zero attached hydrogens (tertiary/aromatic N) is 2. The summed E-state index contributed by atoms with van der Waals surface area (Å²) in [6.07, 6.45) is 0. The summed E-state index contributed by atoms with van der Waals surface area (Å²) in [6, 6.07) is 6.60. The molecule has 2 N–H and O–H groups in total. The van der Waals surface area contributed by atoms with Crippen LogP contribution in [0.3, 0.4) is 0 Å². The van der Waals surface area contributed by atoms with Gasteiger partial charge in [0.1, 0.15) is 6.04 Å². The van der Waals surface area contributed by atoms with Crippen LogP contribution >= 0.6 is 0 Å². The zero-order valence-electron chi connectivity index (χ0n) is 11.1. The number of carbonyl (C=O) groups is 1. The zero-order valence-corrected chi connectivity index (χ0v) is 11.1. The van der Waals surface area contributed by atoms with E-state index in [4.69, 9.17) is 0 Å². The normalized spacial score (nSPS) is 12.2. The maximum Gasteiger partial charge on any atom is 0.260 e. The fourth-order valence-corrected chi connectivity index (χ4v) is 1.81. The standard InChI is InChI=1S/C13H16N4O2/c1-8(12(19)17(2)3)14-13-15-10-7-5-4-6-9(10)11(18)16-13/h4-8H,1-3H3,(H2,14,15,16,18)/t8-/m0/s1. The Morgan fingerprint density at radius 3 is 2.74 bits per heavy atom. The molecule has 2 aromatic rings. The van der Waals surface area contributed by atoms with Crippen LogP contribution in [0.2, 0.25) is 0 Å². The maximum absolute atomic E-state index is 11.9. The summed E-state index contributed by atoms with van der Waals surface area (Å²) in [6.45, 7) is 1.72. The number of rotatable bonds is 3. The smallest absolute Gasteiger partial charge is 0.260 e. The summed E-state index contributed by atoms with van der Waals surface area (Å²) in [5.41, 5.74) is 0.371. The van der Waals surface area contributed by atoms with Gasteiger partial charge < -0.3 is 10.2 Å². The number of amides is 1. The van der Waals surface area contributed by atoms with E-state index in [0.717, 1.165) is 0 Å². The monoisotopic (exact) mass is 260 g/mol. The minimum atomic E-state index is -0.459. The van der Waals surface area contributed by atoms with Gasteiger partial charge in [0.05, 0.1) is 10.9 Å². The molecule has 0 saturated heterocycles. The van der Waals surface area contributed by atoms with Gasteiger partial charge in [-0.2, -0.15) is 0 Å². The van der Waals surface area contributed by atoms with E-state index in [2.05, 4.69) is 15.3 Å². The quantitative estimate of drug-likeness (QED) is 0.856. The highest BCUT2D eigenvalue weighted by atomic mass is 16.2. The fraction of sp³-hybridized carbons (Fsp3) is 0.308. The number of hydrogen-bond donors (Lipinski definition) is 2.